The van der Waals surface area contributed by atoms with Crippen LogP contribution in [0.3, 0.4) is 0 Å². The molecule has 0 aromatic rings. The number of nitrogens with two attached hydrogens (primary N) is 1. The van der Waals surface area contributed by atoms with E-state index in [2.05, 4.69) is 0 Å². The third-order valence-electron chi connectivity index (χ3n) is 1.95. The van der Waals surface area contributed by atoms with E-state index < -0.39 is 7.82 Å². The lowest BCUT2D eigenvalue weighted by molar-refractivity contribution is 0.275. The van der Waals surface area contributed by atoms with Crippen molar-refractivity contribution in [2.45, 2.75) is 25.7 Å². The molecule has 8 heteroatoms. The van der Waals surface area contributed by atoms with E-state index in [4.69, 9.17) is 30.4 Å². The Labute approximate surface area is 88.6 Å². The molecule has 15 heavy (non-hydrogen) atoms. The Morgan fingerprint density at radius 2 is 1.47 bits per heavy atom. The van der Waals surface area contributed by atoms with Crippen LogP contribution in [0, 0.1) is 5.41 Å². The molecule has 1 heterocycles. The van der Waals surface area contributed by atoms with Crippen molar-refractivity contribution >= 4 is 13.8 Å². The molecular formula is C7H18N3O4P. The molecule has 0 atom stereocenters. The smallest absolute Gasteiger partial charge is 0.370 e. The summed E-state index contributed by atoms with van der Waals surface area (Å²) in [6.07, 6.45) is 4.98. The first-order valence-electron chi connectivity index (χ1n) is 4.68. The number of guanidine groups is 1. The summed E-state index contributed by atoms with van der Waals surface area (Å²) in [4.78, 5) is 23.5. The topological polar surface area (TPSA) is 131 Å². The van der Waals surface area contributed by atoms with Gasteiger partial charge in [0, 0.05) is 13.1 Å². The molecule has 7 nitrogen and oxygen atoms in total. The van der Waals surface area contributed by atoms with E-state index in [0.717, 1.165) is 13.1 Å². The standard InChI is InChI=1S/C7H15N3.H3O4P/c8-7(9)10-5-3-1-2-4-6-10;1-5(2,3)4/h1-6H2,(H3,8,9);(H3,1,2,3,4). The SMILES string of the molecule is N=C(N)N1CCCCCC1.O=P(O)(O)O. The summed E-state index contributed by atoms with van der Waals surface area (Å²) in [5.74, 6) is 0.238. The minimum atomic E-state index is -4.64. The van der Waals surface area contributed by atoms with Gasteiger partial charge < -0.3 is 25.3 Å². The van der Waals surface area contributed by atoms with Crippen molar-refractivity contribution in [1.82, 2.24) is 4.90 Å². The maximum Gasteiger partial charge on any atom is 0.466 e. The lowest BCUT2D eigenvalue weighted by atomic mass is 10.2. The number of nitrogens with zero attached hydrogens (tertiary/aromatic N) is 1. The third-order valence-corrected chi connectivity index (χ3v) is 1.95. The highest BCUT2D eigenvalue weighted by molar-refractivity contribution is 7.45. The Bertz CT molecular complexity index is 226. The van der Waals surface area contributed by atoms with E-state index in [1.807, 2.05) is 4.90 Å². The molecule has 1 aliphatic rings. The maximum atomic E-state index is 8.88. The summed E-state index contributed by atoms with van der Waals surface area (Å²) < 4.78 is 8.88. The van der Waals surface area contributed by atoms with Crippen LogP contribution >= 0.6 is 7.82 Å². The minimum absolute atomic E-state index is 0.238. The first-order chi connectivity index (χ1) is 6.80. The van der Waals surface area contributed by atoms with Crippen molar-refractivity contribution in [2.24, 2.45) is 5.73 Å². The summed E-state index contributed by atoms with van der Waals surface area (Å²) in [6, 6.07) is 0. The van der Waals surface area contributed by atoms with E-state index in [1.54, 1.807) is 0 Å². The van der Waals surface area contributed by atoms with Gasteiger partial charge in [0.15, 0.2) is 5.96 Å². The summed E-state index contributed by atoms with van der Waals surface area (Å²) in [7, 11) is -4.64. The normalized spacial score (nSPS) is 17.4. The van der Waals surface area contributed by atoms with E-state index in [0.29, 0.717) is 0 Å². The van der Waals surface area contributed by atoms with Gasteiger partial charge in [-0.15, -0.1) is 0 Å². The molecule has 0 spiro atoms. The fourth-order valence-electron chi connectivity index (χ4n) is 1.31. The molecule has 0 radical (unpaired) electrons. The largest absolute Gasteiger partial charge is 0.466 e. The first-order valence-corrected chi connectivity index (χ1v) is 6.24. The molecule has 0 aliphatic carbocycles. The van der Waals surface area contributed by atoms with Gasteiger partial charge in [-0.2, -0.15) is 0 Å². The second-order valence-corrected chi connectivity index (χ2v) is 4.33. The van der Waals surface area contributed by atoms with Gasteiger partial charge in [-0.05, 0) is 12.8 Å². The van der Waals surface area contributed by atoms with E-state index in [9.17, 15) is 0 Å². The molecule has 0 amide bonds. The fourth-order valence-corrected chi connectivity index (χ4v) is 1.31. The van der Waals surface area contributed by atoms with Crippen molar-refractivity contribution < 1.29 is 19.2 Å². The second-order valence-electron chi connectivity index (χ2n) is 3.30. The van der Waals surface area contributed by atoms with Gasteiger partial charge in [-0.25, -0.2) is 4.57 Å². The number of nitrogens with one attached hydrogen (secondary N) is 1. The zero-order chi connectivity index (χ0) is 11.9. The van der Waals surface area contributed by atoms with Crippen LogP contribution in [0.2, 0.25) is 0 Å². The molecule has 1 saturated heterocycles. The predicted molar refractivity (Wildman–Crippen MR) is 56.2 cm³/mol. The van der Waals surface area contributed by atoms with Crippen LogP contribution in [-0.2, 0) is 4.57 Å². The fraction of sp³-hybridized carbons (Fsp3) is 0.857. The molecule has 0 saturated carbocycles. The molecule has 1 aliphatic heterocycles. The summed E-state index contributed by atoms with van der Waals surface area (Å²) >= 11 is 0. The van der Waals surface area contributed by atoms with Crippen molar-refractivity contribution in [3.8, 4) is 0 Å². The zero-order valence-electron chi connectivity index (χ0n) is 8.46. The molecule has 90 valence electrons. The van der Waals surface area contributed by atoms with Crippen LogP contribution < -0.4 is 5.73 Å². The van der Waals surface area contributed by atoms with Gasteiger partial charge in [0.1, 0.15) is 0 Å². The van der Waals surface area contributed by atoms with Crippen molar-refractivity contribution in [2.75, 3.05) is 13.1 Å². The highest BCUT2D eigenvalue weighted by atomic mass is 31.2. The van der Waals surface area contributed by atoms with Gasteiger partial charge in [0.25, 0.3) is 0 Å². The third kappa shape index (κ3) is 11.3. The highest BCUT2D eigenvalue weighted by Crippen LogP contribution is 2.25. The monoisotopic (exact) mass is 239 g/mol. The average molecular weight is 239 g/mol. The Morgan fingerprint density at radius 3 is 1.73 bits per heavy atom. The lowest BCUT2D eigenvalue weighted by Gasteiger charge is -2.19. The highest BCUT2D eigenvalue weighted by Gasteiger charge is 2.08. The van der Waals surface area contributed by atoms with Crippen LogP contribution in [0.5, 0.6) is 0 Å². The van der Waals surface area contributed by atoms with Crippen LogP contribution in [0.1, 0.15) is 25.7 Å². The Hall–Kier alpha value is -0.620. The van der Waals surface area contributed by atoms with E-state index in [1.165, 1.54) is 25.7 Å². The molecule has 1 rings (SSSR count). The molecule has 0 aromatic carbocycles. The van der Waals surface area contributed by atoms with Gasteiger partial charge in [-0.1, -0.05) is 12.8 Å². The van der Waals surface area contributed by atoms with Crippen LogP contribution in [0.15, 0.2) is 0 Å². The summed E-state index contributed by atoms with van der Waals surface area (Å²) in [5.41, 5.74) is 5.35. The Morgan fingerprint density at radius 1 is 1.13 bits per heavy atom. The number of likely N-dealkylation sites (tertiary alicyclic amines) is 1. The Kier molecular flexibility index (Phi) is 6.51. The summed E-state index contributed by atoms with van der Waals surface area (Å²) in [6.45, 7) is 1.96. The first kappa shape index (κ1) is 14.4. The molecular weight excluding hydrogens is 221 g/mol. The summed E-state index contributed by atoms with van der Waals surface area (Å²) in [5, 5.41) is 7.19. The molecule has 1 fully saturated rings. The van der Waals surface area contributed by atoms with Crippen LogP contribution in [0.4, 0.5) is 0 Å². The number of hydrogen-bond acceptors (Lipinski definition) is 2. The average Bonchev–Trinajstić information content (AvgIpc) is 2.27. The van der Waals surface area contributed by atoms with Crippen LogP contribution in [0.25, 0.3) is 0 Å². The van der Waals surface area contributed by atoms with Gasteiger partial charge in [0.2, 0.25) is 0 Å². The van der Waals surface area contributed by atoms with Crippen molar-refractivity contribution in [1.29, 1.82) is 5.41 Å². The van der Waals surface area contributed by atoms with Crippen LogP contribution in [-0.4, -0.2) is 38.6 Å². The van der Waals surface area contributed by atoms with Gasteiger partial charge in [0.05, 0.1) is 0 Å². The minimum Gasteiger partial charge on any atom is -0.370 e. The van der Waals surface area contributed by atoms with Gasteiger partial charge >= 0.3 is 7.82 Å². The second kappa shape index (κ2) is 6.79. The predicted octanol–water partition coefficient (Wildman–Crippen LogP) is -0.173. The van der Waals surface area contributed by atoms with Crippen molar-refractivity contribution in [3.63, 3.8) is 0 Å². The number of hydrogen-bond donors (Lipinski definition) is 5. The Balaban J connectivity index is 0.000000336. The number of rotatable bonds is 0. The van der Waals surface area contributed by atoms with E-state index in [-0.39, 0.29) is 5.96 Å². The zero-order valence-corrected chi connectivity index (χ0v) is 9.36. The molecule has 0 aromatic heterocycles. The molecule has 0 bridgehead atoms. The quantitative estimate of drug-likeness (QED) is 0.226. The lowest BCUT2D eigenvalue weighted by Crippen LogP contribution is -2.36. The van der Waals surface area contributed by atoms with Gasteiger partial charge in [-0.3, -0.25) is 5.41 Å². The number of phosphoric acid groups is 1. The molecule has 6 N–H and O–H groups in total. The molecule has 0 unspecified atom stereocenters. The van der Waals surface area contributed by atoms with Crippen molar-refractivity contribution in [3.05, 3.63) is 0 Å². The van der Waals surface area contributed by atoms with E-state index >= 15 is 0 Å². The maximum absolute atomic E-state index is 8.88.